The van der Waals surface area contributed by atoms with Crippen LogP contribution in [0.25, 0.3) is 0 Å². The van der Waals surface area contributed by atoms with Gasteiger partial charge in [-0.2, -0.15) is 0 Å². The van der Waals surface area contributed by atoms with Crippen molar-refractivity contribution in [2.45, 2.75) is 19.8 Å². The molecule has 0 saturated heterocycles. The topological polar surface area (TPSA) is 38.0 Å². The lowest BCUT2D eigenvalue weighted by Crippen LogP contribution is -2.12. The average molecular weight is 270 g/mol. The highest BCUT2D eigenvalue weighted by Crippen LogP contribution is 2.19. The van der Waals surface area contributed by atoms with Gasteiger partial charge in [-0.1, -0.05) is 50.3 Å². The number of thiocarbonyl (C=S) groups is 1. The van der Waals surface area contributed by atoms with Crippen LogP contribution in [0.1, 0.15) is 30.9 Å². The lowest BCUT2D eigenvalue weighted by molar-refractivity contribution is 0.867. The summed E-state index contributed by atoms with van der Waals surface area (Å²) in [6, 6.07) is 15.9. The Morgan fingerprint density at radius 3 is 2.26 bits per heavy atom. The van der Waals surface area contributed by atoms with Gasteiger partial charge in [0.2, 0.25) is 0 Å². The van der Waals surface area contributed by atoms with Gasteiger partial charge in [-0.05, 0) is 35.7 Å². The minimum Gasteiger partial charge on any atom is -0.398 e. The summed E-state index contributed by atoms with van der Waals surface area (Å²) >= 11 is 5.38. The molecule has 0 aliphatic carbocycles. The summed E-state index contributed by atoms with van der Waals surface area (Å²) in [7, 11) is 0. The summed E-state index contributed by atoms with van der Waals surface area (Å²) in [5.41, 5.74) is 9.77. The Morgan fingerprint density at radius 2 is 1.68 bits per heavy atom. The van der Waals surface area contributed by atoms with E-state index in [-0.39, 0.29) is 0 Å². The summed E-state index contributed by atoms with van der Waals surface area (Å²) < 4.78 is 0. The van der Waals surface area contributed by atoms with Crippen LogP contribution < -0.4 is 11.1 Å². The van der Waals surface area contributed by atoms with E-state index >= 15 is 0 Å². The molecule has 0 saturated carbocycles. The molecule has 2 rings (SSSR count). The van der Waals surface area contributed by atoms with E-state index in [1.54, 1.807) is 0 Å². The molecule has 0 aliphatic rings. The minimum absolute atomic E-state index is 0.533. The molecule has 2 nitrogen and oxygen atoms in total. The summed E-state index contributed by atoms with van der Waals surface area (Å²) in [5, 5.41) is 3.22. The second-order valence-electron chi connectivity index (χ2n) is 4.82. The van der Waals surface area contributed by atoms with Crippen molar-refractivity contribution >= 4 is 28.6 Å². The quantitative estimate of drug-likeness (QED) is 0.649. The first-order valence-electron chi connectivity index (χ1n) is 6.33. The highest BCUT2D eigenvalue weighted by molar-refractivity contribution is 7.81. The fourth-order valence-corrected chi connectivity index (χ4v) is 2.16. The SMILES string of the molecule is CC(C)c1ccc(NC(=S)c2ccccc2N)cc1. The maximum Gasteiger partial charge on any atom is 0.113 e. The molecule has 2 aromatic rings. The molecule has 0 spiro atoms. The van der Waals surface area contributed by atoms with Crippen LogP contribution in [0, 0.1) is 0 Å². The van der Waals surface area contributed by atoms with Crippen LogP contribution in [-0.4, -0.2) is 4.99 Å². The Kier molecular flexibility index (Phi) is 4.17. The van der Waals surface area contributed by atoms with Gasteiger partial charge in [0.05, 0.1) is 0 Å². The molecule has 0 heterocycles. The largest absolute Gasteiger partial charge is 0.398 e. The van der Waals surface area contributed by atoms with Crippen LogP contribution in [0.4, 0.5) is 11.4 Å². The van der Waals surface area contributed by atoms with Gasteiger partial charge < -0.3 is 11.1 Å². The van der Waals surface area contributed by atoms with E-state index in [1.807, 2.05) is 36.4 Å². The van der Waals surface area contributed by atoms with Crippen LogP contribution in [-0.2, 0) is 0 Å². The van der Waals surface area contributed by atoms with Gasteiger partial charge in [0, 0.05) is 16.9 Å². The number of para-hydroxylation sites is 1. The highest BCUT2D eigenvalue weighted by atomic mass is 32.1. The van der Waals surface area contributed by atoms with Crippen molar-refractivity contribution in [3.8, 4) is 0 Å². The molecule has 0 amide bonds. The number of hydrogen-bond donors (Lipinski definition) is 2. The molecule has 0 fully saturated rings. The van der Waals surface area contributed by atoms with Crippen LogP contribution >= 0.6 is 12.2 Å². The zero-order valence-electron chi connectivity index (χ0n) is 11.2. The van der Waals surface area contributed by atoms with E-state index < -0.39 is 0 Å². The van der Waals surface area contributed by atoms with Crippen molar-refractivity contribution in [1.29, 1.82) is 0 Å². The number of nitrogen functional groups attached to an aromatic ring is 1. The molecule has 2 aromatic carbocycles. The second kappa shape index (κ2) is 5.85. The van der Waals surface area contributed by atoms with Gasteiger partial charge in [0.15, 0.2) is 0 Å². The molecule has 0 aromatic heterocycles. The van der Waals surface area contributed by atoms with Crippen LogP contribution in [0.2, 0.25) is 0 Å². The molecule has 0 bridgehead atoms. The third-order valence-electron chi connectivity index (χ3n) is 3.04. The summed E-state index contributed by atoms with van der Waals surface area (Å²) in [6.07, 6.45) is 0. The second-order valence-corrected chi connectivity index (χ2v) is 5.23. The highest BCUT2D eigenvalue weighted by Gasteiger charge is 2.05. The zero-order valence-corrected chi connectivity index (χ0v) is 12.0. The number of nitrogens with two attached hydrogens (primary N) is 1. The maximum atomic E-state index is 5.91. The third kappa shape index (κ3) is 3.32. The Labute approximate surface area is 119 Å². The Bertz CT molecular complexity index is 574. The van der Waals surface area contributed by atoms with E-state index in [2.05, 4.69) is 31.3 Å². The van der Waals surface area contributed by atoms with Crippen LogP contribution in [0.5, 0.6) is 0 Å². The molecule has 3 heteroatoms. The van der Waals surface area contributed by atoms with E-state index in [4.69, 9.17) is 18.0 Å². The number of benzene rings is 2. The Morgan fingerprint density at radius 1 is 1.05 bits per heavy atom. The van der Waals surface area contributed by atoms with Crippen molar-refractivity contribution in [2.75, 3.05) is 11.1 Å². The number of nitrogens with one attached hydrogen (secondary N) is 1. The van der Waals surface area contributed by atoms with Gasteiger partial charge >= 0.3 is 0 Å². The Hall–Kier alpha value is -1.87. The van der Waals surface area contributed by atoms with Crippen LogP contribution in [0.15, 0.2) is 48.5 Å². The van der Waals surface area contributed by atoms with Crippen molar-refractivity contribution in [2.24, 2.45) is 0 Å². The van der Waals surface area contributed by atoms with Crippen molar-refractivity contribution in [3.05, 3.63) is 59.7 Å². The molecule has 0 unspecified atom stereocenters. The van der Waals surface area contributed by atoms with E-state index in [1.165, 1.54) is 5.56 Å². The van der Waals surface area contributed by atoms with Crippen molar-refractivity contribution in [3.63, 3.8) is 0 Å². The van der Waals surface area contributed by atoms with Gasteiger partial charge in [0.25, 0.3) is 0 Å². The minimum atomic E-state index is 0.533. The first kappa shape index (κ1) is 13.6. The maximum absolute atomic E-state index is 5.91. The van der Waals surface area contributed by atoms with Crippen molar-refractivity contribution in [1.82, 2.24) is 0 Å². The van der Waals surface area contributed by atoms with Gasteiger partial charge in [-0.25, -0.2) is 0 Å². The third-order valence-corrected chi connectivity index (χ3v) is 3.36. The van der Waals surface area contributed by atoms with Gasteiger partial charge in [-0.15, -0.1) is 0 Å². The average Bonchev–Trinajstić information content (AvgIpc) is 2.39. The van der Waals surface area contributed by atoms with Crippen molar-refractivity contribution < 1.29 is 0 Å². The Balaban J connectivity index is 2.13. The van der Waals surface area contributed by atoms with E-state index in [9.17, 15) is 0 Å². The van der Waals surface area contributed by atoms with E-state index in [0.717, 1.165) is 11.3 Å². The fraction of sp³-hybridized carbons (Fsp3) is 0.188. The predicted molar refractivity (Wildman–Crippen MR) is 86.7 cm³/mol. The molecule has 0 radical (unpaired) electrons. The molecule has 3 N–H and O–H groups in total. The van der Waals surface area contributed by atoms with Gasteiger partial charge in [-0.3, -0.25) is 0 Å². The zero-order chi connectivity index (χ0) is 13.8. The molecular weight excluding hydrogens is 252 g/mol. The molecule has 19 heavy (non-hydrogen) atoms. The first-order valence-corrected chi connectivity index (χ1v) is 6.74. The number of rotatable bonds is 3. The normalized spacial score (nSPS) is 10.5. The predicted octanol–water partition coefficient (Wildman–Crippen LogP) is 4.18. The summed E-state index contributed by atoms with van der Waals surface area (Å²) in [4.78, 5) is 0.649. The lowest BCUT2D eigenvalue weighted by atomic mass is 10.0. The first-order chi connectivity index (χ1) is 9.08. The monoisotopic (exact) mass is 270 g/mol. The fourth-order valence-electron chi connectivity index (χ4n) is 1.85. The summed E-state index contributed by atoms with van der Waals surface area (Å²) in [6.45, 7) is 4.36. The lowest BCUT2D eigenvalue weighted by Gasteiger charge is -2.11. The standard InChI is InChI=1S/C16H18N2S/c1-11(2)12-7-9-13(10-8-12)18-16(19)14-5-3-4-6-15(14)17/h3-11H,17H2,1-2H3,(H,18,19). The smallest absolute Gasteiger partial charge is 0.113 e. The number of anilines is 2. The summed E-state index contributed by atoms with van der Waals surface area (Å²) in [5.74, 6) is 0.533. The molecule has 98 valence electrons. The van der Waals surface area contributed by atoms with Crippen LogP contribution in [0.3, 0.4) is 0 Å². The molecule has 0 atom stereocenters. The van der Waals surface area contributed by atoms with E-state index in [0.29, 0.717) is 16.6 Å². The molecule has 0 aliphatic heterocycles. The molecular formula is C16H18N2S. The number of hydrogen-bond acceptors (Lipinski definition) is 2. The van der Waals surface area contributed by atoms with Gasteiger partial charge in [0.1, 0.15) is 4.99 Å².